The second-order valence-electron chi connectivity index (χ2n) is 8.17. The van der Waals surface area contributed by atoms with Crippen LogP contribution in [0, 0.1) is 0 Å². The molecule has 0 aromatic heterocycles. The molecule has 0 bridgehead atoms. The van der Waals surface area contributed by atoms with Crippen LogP contribution >= 0.6 is 11.6 Å². The first-order chi connectivity index (χ1) is 15.5. The number of nitrogens with one attached hydrogen (secondary N) is 2. The van der Waals surface area contributed by atoms with E-state index in [-0.39, 0.29) is 11.8 Å². The van der Waals surface area contributed by atoms with Crippen molar-refractivity contribution in [1.82, 2.24) is 4.90 Å². The van der Waals surface area contributed by atoms with E-state index in [4.69, 9.17) is 21.1 Å². The molecule has 0 spiro atoms. The molecule has 0 radical (unpaired) electrons. The average molecular weight is 458 g/mol. The maximum absolute atomic E-state index is 13.4. The number of halogens is 1. The lowest BCUT2D eigenvalue weighted by atomic mass is 9.73. The molecule has 2 heterocycles. The highest BCUT2D eigenvalue weighted by Gasteiger charge is 2.41. The average Bonchev–Trinajstić information content (AvgIpc) is 2.81. The standard InChI is InChI=1S/C24H28ClN3O4/c25-19-3-1-2-18(16-19)24(8-12-31-13-9-24)23(30)27-21-6-4-20(5-7-21)26-22(29)17-28-10-14-32-15-11-28/h1-7,16H,8-15,17H2,(H,26,29)(H,27,30). The van der Waals surface area contributed by atoms with Gasteiger partial charge >= 0.3 is 0 Å². The van der Waals surface area contributed by atoms with Crippen molar-refractivity contribution in [2.24, 2.45) is 0 Å². The molecular weight excluding hydrogens is 430 g/mol. The van der Waals surface area contributed by atoms with Gasteiger partial charge in [-0.15, -0.1) is 0 Å². The zero-order valence-electron chi connectivity index (χ0n) is 17.9. The van der Waals surface area contributed by atoms with Crippen molar-refractivity contribution in [3.05, 3.63) is 59.1 Å². The topological polar surface area (TPSA) is 79.9 Å². The minimum absolute atomic E-state index is 0.0641. The minimum atomic E-state index is -0.686. The maximum atomic E-state index is 13.4. The minimum Gasteiger partial charge on any atom is -0.381 e. The van der Waals surface area contributed by atoms with Gasteiger partial charge in [0.2, 0.25) is 11.8 Å². The molecule has 0 atom stereocenters. The van der Waals surface area contributed by atoms with Gasteiger partial charge in [0, 0.05) is 42.7 Å². The van der Waals surface area contributed by atoms with E-state index in [0.29, 0.717) is 62.2 Å². The number of ether oxygens (including phenoxy) is 2. The van der Waals surface area contributed by atoms with Crippen LogP contribution in [-0.2, 0) is 24.5 Å². The lowest BCUT2D eigenvalue weighted by Gasteiger charge is -2.36. The van der Waals surface area contributed by atoms with E-state index in [2.05, 4.69) is 15.5 Å². The molecule has 170 valence electrons. The van der Waals surface area contributed by atoms with Crippen LogP contribution in [0.1, 0.15) is 18.4 Å². The Labute approximate surface area is 193 Å². The summed E-state index contributed by atoms with van der Waals surface area (Å²) in [5.74, 6) is -0.141. The first-order valence-corrected chi connectivity index (χ1v) is 11.3. The number of amides is 2. The zero-order chi connectivity index (χ0) is 22.4. The fourth-order valence-corrected chi connectivity index (χ4v) is 4.39. The van der Waals surface area contributed by atoms with Crippen LogP contribution in [0.15, 0.2) is 48.5 Å². The number of anilines is 2. The van der Waals surface area contributed by atoms with E-state index in [1.165, 1.54) is 0 Å². The molecule has 2 fully saturated rings. The number of hydrogen-bond donors (Lipinski definition) is 2. The Morgan fingerprint density at radius 3 is 2.19 bits per heavy atom. The molecule has 4 rings (SSSR count). The molecule has 2 saturated heterocycles. The van der Waals surface area contributed by atoms with E-state index in [0.717, 1.165) is 18.7 Å². The van der Waals surface area contributed by atoms with Crippen LogP contribution < -0.4 is 10.6 Å². The van der Waals surface area contributed by atoms with Gasteiger partial charge in [-0.2, -0.15) is 0 Å². The van der Waals surface area contributed by atoms with Gasteiger partial charge in [0.05, 0.1) is 25.2 Å². The normalized spacial score (nSPS) is 18.7. The highest BCUT2D eigenvalue weighted by Crippen LogP contribution is 2.37. The Balaban J connectivity index is 1.40. The molecule has 32 heavy (non-hydrogen) atoms. The van der Waals surface area contributed by atoms with Crippen LogP contribution in [0.2, 0.25) is 5.02 Å². The van der Waals surface area contributed by atoms with Gasteiger partial charge in [0.15, 0.2) is 0 Å². The third-order valence-corrected chi connectivity index (χ3v) is 6.29. The van der Waals surface area contributed by atoms with Gasteiger partial charge < -0.3 is 20.1 Å². The van der Waals surface area contributed by atoms with Gasteiger partial charge in [-0.1, -0.05) is 23.7 Å². The van der Waals surface area contributed by atoms with E-state index in [1.54, 1.807) is 24.3 Å². The van der Waals surface area contributed by atoms with Crippen LogP contribution in [0.25, 0.3) is 0 Å². The van der Waals surface area contributed by atoms with Crippen molar-refractivity contribution >= 4 is 34.8 Å². The molecule has 2 N–H and O–H groups in total. The Kier molecular flexibility index (Phi) is 7.42. The van der Waals surface area contributed by atoms with Gasteiger partial charge in [-0.05, 0) is 54.8 Å². The van der Waals surface area contributed by atoms with Crippen LogP contribution in [0.4, 0.5) is 11.4 Å². The largest absolute Gasteiger partial charge is 0.381 e. The molecular formula is C24H28ClN3O4. The van der Waals surface area contributed by atoms with Gasteiger partial charge in [0.25, 0.3) is 0 Å². The first kappa shape index (κ1) is 22.7. The fraction of sp³-hybridized carbons (Fsp3) is 0.417. The van der Waals surface area contributed by atoms with Gasteiger partial charge in [-0.3, -0.25) is 14.5 Å². The number of morpholine rings is 1. The van der Waals surface area contributed by atoms with Crippen molar-refractivity contribution in [2.45, 2.75) is 18.3 Å². The molecule has 8 heteroatoms. The maximum Gasteiger partial charge on any atom is 0.238 e. The summed E-state index contributed by atoms with van der Waals surface area (Å²) in [6.45, 7) is 4.22. The van der Waals surface area contributed by atoms with Crippen molar-refractivity contribution in [3.8, 4) is 0 Å². The van der Waals surface area contributed by atoms with Gasteiger partial charge in [-0.25, -0.2) is 0 Å². The van der Waals surface area contributed by atoms with Crippen molar-refractivity contribution in [3.63, 3.8) is 0 Å². The summed E-state index contributed by atoms with van der Waals surface area (Å²) in [7, 11) is 0. The summed E-state index contributed by atoms with van der Waals surface area (Å²) in [5, 5.41) is 6.56. The Morgan fingerprint density at radius 2 is 1.53 bits per heavy atom. The number of carbonyl (C=O) groups excluding carboxylic acids is 2. The third-order valence-electron chi connectivity index (χ3n) is 6.06. The van der Waals surface area contributed by atoms with Crippen LogP contribution in [0.5, 0.6) is 0 Å². The Bertz CT molecular complexity index is 939. The van der Waals surface area contributed by atoms with Crippen molar-refractivity contribution in [1.29, 1.82) is 0 Å². The first-order valence-electron chi connectivity index (χ1n) is 10.9. The van der Waals surface area contributed by atoms with Crippen LogP contribution in [-0.4, -0.2) is 62.8 Å². The highest BCUT2D eigenvalue weighted by molar-refractivity contribution is 6.30. The van der Waals surface area contributed by atoms with Crippen molar-refractivity contribution in [2.75, 3.05) is 56.7 Å². The quantitative estimate of drug-likeness (QED) is 0.695. The smallest absolute Gasteiger partial charge is 0.238 e. The Morgan fingerprint density at radius 1 is 0.906 bits per heavy atom. The van der Waals surface area contributed by atoms with E-state index >= 15 is 0 Å². The van der Waals surface area contributed by atoms with E-state index in [9.17, 15) is 9.59 Å². The van der Waals surface area contributed by atoms with Crippen molar-refractivity contribution < 1.29 is 19.1 Å². The summed E-state index contributed by atoms with van der Waals surface area (Å²) in [6.07, 6.45) is 1.18. The molecule has 2 aliphatic rings. The molecule has 0 aliphatic carbocycles. The lowest BCUT2D eigenvalue weighted by Crippen LogP contribution is -2.44. The SMILES string of the molecule is O=C(CN1CCOCC1)Nc1ccc(NC(=O)C2(c3cccc(Cl)c3)CCOCC2)cc1. The second kappa shape index (κ2) is 10.4. The van der Waals surface area contributed by atoms with E-state index in [1.807, 2.05) is 24.3 Å². The molecule has 0 saturated carbocycles. The van der Waals surface area contributed by atoms with Gasteiger partial charge in [0.1, 0.15) is 0 Å². The molecule has 2 aromatic rings. The summed E-state index contributed by atoms with van der Waals surface area (Å²) < 4.78 is 10.8. The Hall–Kier alpha value is -2.45. The second-order valence-corrected chi connectivity index (χ2v) is 8.61. The number of carbonyl (C=O) groups is 2. The highest BCUT2D eigenvalue weighted by atomic mass is 35.5. The summed E-state index contributed by atoms with van der Waals surface area (Å²) in [5.41, 5.74) is 1.58. The fourth-order valence-electron chi connectivity index (χ4n) is 4.20. The zero-order valence-corrected chi connectivity index (χ0v) is 18.7. The number of nitrogens with zero attached hydrogens (tertiary/aromatic N) is 1. The lowest BCUT2D eigenvalue weighted by molar-refractivity contribution is -0.125. The summed E-state index contributed by atoms with van der Waals surface area (Å²) in [4.78, 5) is 27.7. The number of benzene rings is 2. The summed E-state index contributed by atoms with van der Waals surface area (Å²) >= 11 is 6.20. The third kappa shape index (κ3) is 5.48. The number of hydrogen-bond acceptors (Lipinski definition) is 5. The monoisotopic (exact) mass is 457 g/mol. The molecule has 7 nitrogen and oxygen atoms in total. The molecule has 2 amide bonds. The molecule has 0 unspecified atom stereocenters. The van der Waals surface area contributed by atoms with E-state index < -0.39 is 5.41 Å². The predicted molar refractivity (Wildman–Crippen MR) is 124 cm³/mol. The predicted octanol–water partition coefficient (Wildman–Crippen LogP) is 3.30. The molecule has 2 aliphatic heterocycles. The molecule has 2 aromatic carbocycles. The number of rotatable bonds is 6. The van der Waals surface area contributed by atoms with Crippen LogP contribution in [0.3, 0.4) is 0 Å². The summed E-state index contributed by atoms with van der Waals surface area (Å²) in [6, 6.07) is 14.7.